The smallest absolute Gasteiger partial charge is 0.343 e. The number of carboxylic acids is 1. The zero-order valence-electron chi connectivity index (χ0n) is 13.0. The average molecular weight is 333 g/mol. The van der Waals surface area contributed by atoms with Crippen molar-refractivity contribution < 1.29 is 23.8 Å². The molecule has 24 heavy (non-hydrogen) atoms. The van der Waals surface area contributed by atoms with Crippen LogP contribution in [0, 0.1) is 5.82 Å². The SMILES string of the molecule is CCOC(=O)c1cn(C2CC2)c2cc(CC(=O)O)c(F)cc2c1=O. The van der Waals surface area contributed by atoms with E-state index in [0.717, 1.165) is 18.9 Å². The van der Waals surface area contributed by atoms with Gasteiger partial charge in [-0.05, 0) is 31.9 Å². The maximum Gasteiger partial charge on any atom is 0.343 e. The summed E-state index contributed by atoms with van der Waals surface area (Å²) in [6.45, 7) is 1.77. The lowest BCUT2D eigenvalue weighted by molar-refractivity contribution is -0.136. The number of carboxylic acid groups (broad SMARTS) is 1. The van der Waals surface area contributed by atoms with Crippen molar-refractivity contribution in [2.45, 2.75) is 32.2 Å². The minimum absolute atomic E-state index is 0.00712. The summed E-state index contributed by atoms with van der Waals surface area (Å²) in [6, 6.07) is 2.51. The Labute approximate surface area is 136 Å². The fraction of sp³-hybridized carbons (Fsp3) is 0.353. The van der Waals surface area contributed by atoms with E-state index in [2.05, 4.69) is 0 Å². The van der Waals surface area contributed by atoms with Gasteiger partial charge in [0.25, 0.3) is 0 Å². The molecule has 0 amide bonds. The van der Waals surface area contributed by atoms with Crippen molar-refractivity contribution in [1.82, 2.24) is 4.57 Å². The molecule has 1 heterocycles. The van der Waals surface area contributed by atoms with Crippen molar-refractivity contribution in [2.24, 2.45) is 0 Å². The molecule has 7 heteroatoms. The monoisotopic (exact) mass is 333 g/mol. The number of hydrogen-bond acceptors (Lipinski definition) is 4. The molecule has 1 saturated carbocycles. The largest absolute Gasteiger partial charge is 0.481 e. The number of fused-ring (bicyclic) bond motifs is 1. The van der Waals surface area contributed by atoms with E-state index in [9.17, 15) is 18.8 Å². The number of esters is 1. The van der Waals surface area contributed by atoms with Crippen LogP contribution < -0.4 is 5.43 Å². The number of ether oxygens (including phenoxy) is 1. The molecular weight excluding hydrogens is 317 g/mol. The van der Waals surface area contributed by atoms with Crippen LogP contribution in [-0.4, -0.2) is 28.2 Å². The molecule has 0 atom stereocenters. The minimum Gasteiger partial charge on any atom is -0.481 e. The predicted octanol–water partition coefficient (Wildman–Crippen LogP) is 2.28. The van der Waals surface area contributed by atoms with E-state index in [0.29, 0.717) is 5.52 Å². The van der Waals surface area contributed by atoms with Crippen LogP contribution in [0.3, 0.4) is 0 Å². The van der Waals surface area contributed by atoms with Gasteiger partial charge in [-0.1, -0.05) is 0 Å². The van der Waals surface area contributed by atoms with Crippen LogP contribution in [0.25, 0.3) is 10.9 Å². The van der Waals surface area contributed by atoms with Crippen LogP contribution in [0.15, 0.2) is 23.1 Å². The molecule has 0 spiro atoms. The number of aliphatic carboxylic acids is 1. The number of carbonyl (C=O) groups is 2. The highest BCUT2D eigenvalue weighted by Gasteiger charge is 2.27. The Bertz CT molecular complexity index is 898. The third-order valence-electron chi connectivity index (χ3n) is 3.98. The predicted molar refractivity (Wildman–Crippen MR) is 83.7 cm³/mol. The summed E-state index contributed by atoms with van der Waals surface area (Å²) in [4.78, 5) is 35.4. The number of rotatable bonds is 5. The molecule has 0 bridgehead atoms. The molecule has 1 aromatic heterocycles. The minimum atomic E-state index is -1.16. The van der Waals surface area contributed by atoms with Crippen molar-refractivity contribution in [3.05, 3.63) is 45.5 Å². The zero-order chi connectivity index (χ0) is 17.4. The lowest BCUT2D eigenvalue weighted by Gasteiger charge is -2.14. The van der Waals surface area contributed by atoms with Gasteiger partial charge in [0.2, 0.25) is 5.43 Å². The van der Waals surface area contributed by atoms with Gasteiger partial charge < -0.3 is 14.4 Å². The van der Waals surface area contributed by atoms with Crippen molar-refractivity contribution in [2.75, 3.05) is 6.61 Å². The molecule has 1 aliphatic rings. The highest BCUT2D eigenvalue weighted by Crippen LogP contribution is 2.37. The van der Waals surface area contributed by atoms with E-state index in [4.69, 9.17) is 9.84 Å². The summed E-state index contributed by atoms with van der Waals surface area (Å²) < 4.78 is 20.8. The van der Waals surface area contributed by atoms with Gasteiger partial charge in [0.05, 0.1) is 18.5 Å². The molecular formula is C17H16FNO5. The summed E-state index contributed by atoms with van der Waals surface area (Å²) >= 11 is 0. The maximum atomic E-state index is 14.2. The molecule has 1 aromatic carbocycles. The van der Waals surface area contributed by atoms with Crippen LogP contribution in [0.4, 0.5) is 4.39 Å². The van der Waals surface area contributed by atoms with Crippen LogP contribution in [0.5, 0.6) is 0 Å². The van der Waals surface area contributed by atoms with Crippen molar-refractivity contribution >= 4 is 22.8 Å². The van der Waals surface area contributed by atoms with Gasteiger partial charge in [-0.25, -0.2) is 9.18 Å². The van der Waals surface area contributed by atoms with Crippen LogP contribution in [-0.2, 0) is 16.0 Å². The van der Waals surface area contributed by atoms with E-state index in [1.54, 1.807) is 11.5 Å². The number of carbonyl (C=O) groups excluding carboxylic acids is 1. The molecule has 0 aliphatic heterocycles. The Morgan fingerprint density at radius 3 is 2.67 bits per heavy atom. The Morgan fingerprint density at radius 2 is 2.08 bits per heavy atom. The molecule has 126 valence electrons. The first-order chi connectivity index (χ1) is 11.4. The fourth-order valence-corrected chi connectivity index (χ4v) is 2.72. The van der Waals surface area contributed by atoms with Crippen LogP contribution in [0.1, 0.15) is 41.7 Å². The van der Waals surface area contributed by atoms with E-state index < -0.39 is 29.6 Å². The fourth-order valence-electron chi connectivity index (χ4n) is 2.72. The first kappa shape index (κ1) is 16.2. The van der Waals surface area contributed by atoms with E-state index in [1.807, 2.05) is 0 Å². The standard InChI is InChI=1S/C17H16FNO5/c1-2-24-17(23)12-8-19(10-3-4-10)14-5-9(6-15(20)21)13(18)7-11(14)16(12)22/h5,7-8,10H,2-4,6H2,1H3,(H,20,21). The number of benzene rings is 1. The average Bonchev–Trinajstić information content (AvgIpc) is 3.33. The zero-order valence-corrected chi connectivity index (χ0v) is 13.0. The molecule has 1 fully saturated rings. The van der Waals surface area contributed by atoms with Gasteiger partial charge in [0.15, 0.2) is 0 Å². The van der Waals surface area contributed by atoms with Crippen molar-refractivity contribution in [3.8, 4) is 0 Å². The van der Waals surface area contributed by atoms with Gasteiger partial charge in [-0.2, -0.15) is 0 Å². The summed E-state index contributed by atoms with van der Waals surface area (Å²) in [6.07, 6.45) is 2.72. The molecule has 1 aliphatic carbocycles. The van der Waals surface area contributed by atoms with Gasteiger partial charge in [-0.15, -0.1) is 0 Å². The van der Waals surface area contributed by atoms with Gasteiger partial charge >= 0.3 is 11.9 Å². The number of hydrogen-bond donors (Lipinski definition) is 1. The Kier molecular flexibility index (Phi) is 4.09. The Balaban J connectivity index is 2.26. The highest BCUT2D eigenvalue weighted by molar-refractivity contribution is 5.94. The van der Waals surface area contributed by atoms with Crippen LogP contribution in [0.2, 0.25) is 0 Å². The third-order valence-corrected chi connectivity index (χ3v) is 3.98. The normalized spacial score (nSPS) is 13.9. The summed E-state index contributed by atoms with van der Waals surface area (Å²) in [7, 11) is 0. The number of halogens is 1. The summed E-state index contributed by atoms with van der Waals surface area (Å²) in [5.41, 5.74) is -0.302. The summed E-state index contributed by atoms with van der Waals surface area (Å²) in [5, 5.41) is 8.94. The Hall–Kier alpha value is -2.70. The second kappa shape index (κ2) is 6.07. The first-order valence-electron chi connectivity index (χ1n) is 7.68. The highest BCUT2D eigenvalue weighted by atomic mass is 19.1. The summed E-state index contributed by atoms with van der Waals surface area (Å²) in [5.74, 6) is -2.67. The maximum absolute atomic E-state index is 14.2. The van der Waals surface area contributed by atoms with Crippen molar-refractivity contribution in [3.63, 3.8) is 0 Å². The van der Waals surface area contributed by atoms with E-state index >= 15 is 0 Å². The molecule has 0 saturated heterocycles. The second-order valence-corrected chi connectivity index (χ2v) is 5.76. The number of pyridine rings is 1. The second-order valence-electron chi connectivity index (χ2n) is 5.76. The number of aromatic nitrogens is 1. The van der Waals surface area contributed by atoms with Crippen LogP contribution >= 0.6 is 0 Å². The van der Waals surface area contributed by atoms with E-state index in [1.165, 1.54) is 12.3 Å². The van der Waals surface area contributed by atoms with Crippen molar-refractivity contribution in [1.29, 1.82) is 0 Å². The first-order valence-corrected chi connectivity index (χ1v) is 7.68. The molecule has 2 aromatic rings. The molecule has 1 N–H and O–H groups in total. The van der Waals surface area contributed by atoms with Gasteiger partial charge in [-0.3, -0.25) is 9.59 Å². The third kappa shape index (κ3) is 2.89. The lowest BCUT2D eigenvalue weighted by Crippen LogP contribution is -2.21. The number of nitrogens with zero attached hydrogens (tertiary/aromatic N) is 1. The topological polar surface area (TPSA) is 85.6 Å². The molecule has 6 nitrogen and oxygen atoms in total. The lowest BCUT2D eigenvalue weighted by atomic mass is 10.1. The Morgan fingerprint density at radius 1 is 1.38 bits per heavy atom. The molecule has 3 rings (SSSR count). The van der Waals surface area contributed by atoms with E-state index in [-0.39, 0.29) is 29.2 Å². The van der Waals surface area contributed by atoms with Gasteiger partial charge in [0, 0.05) is 23.2 Å². The van der Waals surface area contributed by atoms with Gasteiger partial charge in [0.1, 0.15) is 11.4 Å². The molecule has 0 radical (unpaired) electrons. The molecule has 0 unspecified atom stereocenters. The quantitative estimate of drug-likeness (QED) is 0.849.